The van der Waals surface area contributed by atoms with Crippen LogP contribution in [-0.2, 0) is 11.3 Å². The van der Waals surface area contributed by atoms with E-state index in [-0.39, 0.29) is 6.61 Å². The first-order valence-electron chi connectivity index (χ1n) is 6.64. The number of hydrogen-bond acceptors (Lipinski definition) is 4. The molecule has 2 rings (SSSR count). The van der Waals surface area contributed by atoms with Crippen molar-refractivity contribution in [1.29, 1.82) is 0 Å². The molecule has 0 aliphatic heterocycles. The molecule has 4 nitrogen and oxygen atoms in total. The van der Waals surface area contributed by atoms with E-state index in [4.69, 9.17) is 9.84 Å². The highest BCUT2D eigenvalue weighted by atomic mass is 16.5. The lowest BCUT2D eigenvalue weighted by Crippen LogP contribution is -2.17. The van der Waals surface area contributed by atoms with Crippen molar-refractivity contribution in [1.82, 2.24) is 10.3 Å². The molecule has 0 unspecified atom stereocenters. The van der Waals surface area contributed by atoms with Crippen LogP contribution in [0.25, 0.3) is 10.9 Å². The topological polar surface area (TPSA) is 54.4 Å². The van der Waals surface area contributed by atoms with Crippen molar-refractivity contribution in [3.63, 3.8) is 0 Å². The minimum absolute atomic E-state index is 0.0917. The number of nitrogens with zero attached hydrogens (tertiary/aromatic N) is 1. The molecule has 2 N–H and O–H groups in total. The monoisotopic (exact) mass is 260 g/mol. The highest BCUT2D eigenvalue weighted by Crippen LogP contribution is 2.11. The van der Waals surface area contributed by atoms with Crippen LogP contribution in [0.1, 0.15) is 12.1 Å². The first-order valence-corrected chi connectivity index (χ1v) is 6.64. The molecule has 19 heavy (non-hydrogen) atoms. The molecule has 0 saturated carbocycles. The van der Waals surface area contributed by atoms with Gasteiger partial charge in [0, 0.05) is 18.5 Å². The van der Waals surface area contributed by atoms with Gasteiger partial charge in [-0.2, -0.15) is 0 Å². The van der Waals surface area contributed by atoms with Gasteiger partial charge in [-0.15, -0.1) is 0 Å². The summed E-state index contributed by atoms with van der Waals surface area (Å²) in [6.45, 7) is 2.85. The zero-order chi connectivity index (χ0) is 13.3. The maximum Gasteiger partial charge on any atom is 0.0705 e. The zero-order valence-electron chi connectivity index (χ0n) is 11.0. The standard InChI is InChI=1S/C15H20N2O2/c18-9-11-19-10-3-8-16-12-14-7-6-13-4-1-2-5-15(13)17-14/h1-2,4-7,16,18H,3,8-12H2. The number of aromatic nitrogens is 1. The summed E-state index contributed by atoms with van der Waals surface area (Å²) in [4.78, 5) is 4.60. The highest BCUT2D eigenvalue weighted by molar-refractivity contribution is 5.78. The molecule has 0 spiro atoms. The maximum atomic E-state index is 8.56. The van der Waals surface area contributed by atoms with Gasteiger partial charge in [0.25, 0.3) is 0 Å². The number of aliphatic hydroxyl groups is 1. The van der Waals surface area contributed by atoms with Gasteiger partial charge in [-0.3, -0.25) is 4.98 Å². The van der Waals surface area contributed by atoms with E-state index < -0.39 is 0 Å². The lowest BCUT2D eigenvalue weighted by atomic mass is 10.2. The smallest absolute Gasteiger partial charge is 0.0705 e. The van der Waals surface area contributed by atoms with Crippen molar-refractivity contribution < 1.29 is 9.84 Å². The third-order valence-corrected chi connectivity index (χ3v) is 2.84. The largest absolute Gasteiger partial charge is 0.394 e. The Morgan fingerprint density at radius 1 is 1.11 bits per heavy atom. The number of hydrogen-bond donors (Lipinski definition) is 2. The third-order valence-electron chi connectivity index (χ3n) is 2.84. The van der Waals surface area contributed by atoms with Gasteiger partial charge in [0.05, 0.1) is 24.4 Å². The minimum Gasteiger partial charge on any atom is -0.394 e. The molecule has 0 aliphatic carbocycles. The molecule has 0 aliphatic rings. The summed E-state index contributed by atoms with van der Waals surface area (Å²) in [5, 5.41) is 13.1. The minimum atomic E-state index is 0.0917. The lowest BCUT2D eigenvalue weighted by Gasteiger charge is -2.06. The summed E-state index contributed by atoms with van der Waals surface area (Å²) in [7, 11) is 0. The molecule has 0 bridgehead atoms. The number of fused-ring (bicyclic) bond motifs is 1. The van der Waals surface area contributed by atoms with E-state index in [0.29, 0.717) is 13.2 Å². The van der Waals surface area contributed by atoms with Crippen molar-refractivity contribution >= 4 is 10.9 Å². The van der Waals surface area contributed by atoms with Gasteiger partial charge in [0.2, 0.25) is 0 Å². The van der Waals surface area contributed by atoms with Crippen LogP contribution in [0, 0.1) is 0 Å². The summed E-state index contributed by atoms with van der Waals surface area (Å²) >= 11 is 0. The van der Waals surface area contributed by atoms with E-state index in [1.807, 2.05) is 18.2 Å². The molecule has 2 aromatic rings. The molecular weight excluding hydrogens is 240 g/mol. The number of pyridine rings is 1. The summed E-state index contributed by atoms with van der Waals surface area (Å²) in [5.41, 5.74) is 2.09. The Morgan fingerprint density at radius 3 is 2.89 bits per heavy atom. The van der Waals surface area contributed by atoms with Crippen LogP contribution in [0.3, 0.4) is 0 Å². The van der Waals surface area contributed by atoms with Gasteiger partial charge >= 0.3 is 0 Å². The van der Waals surface area contributed by atoms with Crippen LogP contribution in [0.15, 0.2) is 36.4 Å². The predicted molar refractivity (Wildman–Crippen MR) is 76.0 cm³/mol. The molecule has 1 heterocycles. The molecule has 0 fully saturated rings. The number of ether oxygens (including phenoxy) is 1. The second kappa shape index (κ2) is 7.84. The normalized spacial score (nSPS) is 11.0. The zero-order valence-corrected chi connectivity index (χ0v) is 11.0. The molecule has 1 aromatic carbocycles. The van der Waals surface area contributed by atoms with E-state index in [1.165, 1.54) is 5.39 Å². The highest BCUT2D eigenvalue weighted by Gasteiger charge is 1.97. The van der Waals surface area contributed by atoms with Crippen LogP contribution >= 0.6 is 0 Å². The van der Waals surface area contributed by atoms with Crippen LogP contribution < -0.4 is 5.32 Å². The average Bonchev–Trinajstić information content (AvgIpc) is 2.46. The Balaban J connectivity index is 1.72. The summed E-state index contributed by atoms with van der Waals surface area (Å²) in [6, 6.07) is 12.3. The van der Waals surface area contributed by atoms with Crippen molar-refractivity contribution in [2.75, 3.05) is 26.4 Å². The van der Waals surface area contributed by atoms with Gasteiger partial charge < -0.3 is 15.2 Å². The number of para-hydroxylation sites is 1. The van der Waals surface area contributed by atoms with E-state index in [0.717, 1.165) is 30.7 Å². The number of nitrogens with one attached hydrogen (secondary N) is 1. The molecule has 0 atom stereocenters. The molecule has 1 aromatic heterocycles. The molecule has 0 amide bonds. The Bertz CT molecular complexity index is 502. The molecule has 0 saturated heterocycles. The van der Waals surface area contributed by atoms with Crippen molar-refractivity contribution in [3.8, 4) is 0 Å². The molecule has 4 heteroatoms. The van der Waals surface area contributed by atoms with Crippen molar-refractivity contribution in [2.45, 2.75) is 13.0 Å². The fraction of sp³-hybridized carbons (Fsp3) is 0.400. The molecular formula is C15H20N2O2. The quantitative estimate of drug-likeness (QED) is 0.710. The SMILES string of the molecule is OCCOCCCNCc1ccc2ccccc2n1. The Hall–Kier alpha value is -1.49. The molecule has 102 valence electrons. The van der Waals surface area contributed by atoms with Crippen LogP contribution in [0.5, 0.6) is 0 Å². The Labute approximate surface area is 113 Å². The van der Waals surface area contributed by atoms with E-state index in [9.17, 15) is 0 Å². The summed E-state index contributed by atoms with van der Waals surface area (Å²) < 4.78 is 5.19. The van der Waals surface area contributed by atoms with Gasteiger partial charge in [0.15, 0.2) is 0 Å². The maximum absolute atomic E-state index is 8.56. The van der Waals surface area contributed by atoms with Crippen molar-refractivity contribution in [3.05, 3.63) is 42.1 Å². The Kier molecular flexibility index (Phi) is 5.75. The third kappa shape index (κ3) is 4.59. The second-order valence-electron chi connectivity index (χ2n) is 4.36. The number of benzene rings is 1. The van der Waals surface area contributed by atoms with Crippen LogP contribution in [0.4, 0.5) is 0 Å². The number of rotatable bonds is 8. The van der Waals surface area contributed by atoms with E-state index in [2.05, 4.69) is 28.5 Å². The fourth-order valence-corrected chi connectivity index (χ4v) is 1.89. The van der Waals surface area contributed by atoms with Gasteiger partial charge in [-0.25, -0.2) is 0 Å². The Morgan fingerprint density at radius 2 is 2.00 bits per heavy atom. The van der Waals surface area contributed by atoms with E-state index in [1.54, 1.807) is 0 Å². The van der Waals surface area contributed by atoms with Gasteiger partial charge in [-0.1, -0.05) is 24.3 Å². The lowest BCUT2D eigenvalue weighted by molar-refractivity contribution is 0.0907. The van der Waals surface area contributed by atoms with Crippen LogP contribution in [-0.4, -0.2) is 36.5 Å². The summed E-state index contributed by atoms with van der Waals surface area (Å²) in [6.07, 6.45) is 0.938. The molecule has 0 radical (unpaired) electrons. The van der Waals surface area contributed by atoms with Gasteiger partial charge in [-0.05, 0) is 25.1 Å². The van der Waals surface area contributed by atoms with Crippen LogP contribution in [0.2, 0.25) is 0 Å². The van der Waals surface area contributed by atoms with Crippen molar-refractivity contribution in [2.24, 2.45) is 0 Å². The average molecular weight is 260 g/mol. The number of aliphatic hydroxyl groups excluding tert-OH is 1. The first kappa shape index (κ1) is 13.9. The predicted octanol–water partition coefficient (Wildman–Crippen LogP) is 1.72. The second-order valence-corrected chi connectivity index (χ2v) is 4.36. The summed E-state index contributed by atoms with van der Waals surface area (Å²) in [5.74, 6) is 0. The fourth-order valence-electron chi connectivity index (χ4n) is 1.89. The first-order chi connectivity index (χ1) is 9.40. The van der Waals surface area contributed by atoms with Gasteiger partial charge in [0.1, 0.15) is 0 Å². The van der Waals surface area contributed by atoms with E-state index >= 15 is 0 Å².